The number of aliphatic carboxylic acids is 1. The Hall–Kier alpha value is -0.320. The van der Waals surface area contributed by atoms with Crippen molar-refractivity contribution in [1.82, 2.24) is 10.6 Å². The molecule has 1 rings (SSSR count). The normalized spacial score (nSPS) is 25.1. The monoisotopic (exact) mass is 152 g/mol. The summed E-state index contributed by atoms with van der Waals surface area (Å²) in [4.78, 5) is 10.1. The molecule has 0 radical (unpaired) electrons. The van der Waals surface area contributed by atoms with E-state index < -0.39 is 5.97 Å². The van der Waals surface area contributed by atoms with E-state index in [2.05, 4.69) is 10.6 Å². The first-order chi connectivity index (χ1) is 3.80. The number of rotatable bonds is 1. The van der Waals surface area contributed by atoms with E-state index in [0.717, 1.165) is 0 Å². The van der Waals surface area contributed by atoms with Crippen molar-refractivity contribution >= 4 is 18.4 Å². The maximum atomic E-state index is 10.1. The molecule has 0 spiro atoms. The van der Waals surface area contributed by atoms with Crippen LogP contribution in [-0.2, 0) is 4.79 Å². The molecule has 1 atom stereocenters. The Morgan fingerprint density at radius 2 is 2.33 bits per heavy atom. The van der Waals surface area contributed by atoms with Gasteiger partial charge in [-0.1, -0.05) is 0 Å². The summed E-state index contributed by atoms with van der Waals surface area (Å²) in [6.07, 6.45) is 0. The van der Waals surface area contributed by atoms with Crippen LogP contribution in [0.4, 0.5) is 0 Å². The van der Waals surface area contributed by atoms with Crippen LogP contribution < -0.4 is 10.6 Å². The van der Waals surface area contributed by atoms with Gasteiger partial charge >= 0.3 is 5.97 Å². The van der Waals surface area contributed by atoms with Gasteiger partial charge in [0.25, 0.3) is 0 Å². The van der Waals surface area contributed by atoms with E-state index in [1.54, 1.807) is 0 Å². The lowest BCUT2D eigenvalue weighted by Gasteiger charge is -1.98. The molecule has 1 unspecified atom stereocenters. The molecule has 54 valence electrons. The minimum Gasteiger partial charge on any atom is -0.480 e. The molecule has 0 saturated carbocycles. The van der Waals surface area contributed by atoms with Crippen LogP contribution in [0.5, 0.6) is 0 Å². The molecule has 4 nitrogen and oxygen atoms in total. The van der Waals surface area contributed by atoms with Gasteiger partial charge in [-0.3, -0.25) is 10.1 Å². The average Bonchev–Trinajstić information content (AvgIpc) is 2.12. The quantitative estimate of drug-likeness (QED) is 0.452. The highest BCUT2D eigenvalue weighted by atomic mass is 35.5. The SMILES string of the molecule is Cl.O=C(O)C1CNCN1. The van der Waals surface area contributed by atoms with Crippen LogP contribution in [0.2, 0.25) is 0 Å². The summed E-state index contributed by atoms with van der Waals surface area (Å²) < 4.78 is 0. The number of carboxylic acid groups (broad SMARTS) is 1. The Bertz CT molecular complexity index is 103. The van der Waals surface area contributed by atoms with E-state index in [-0.39, 0.29) is 18.4 Å². The second-order valence-corrected chi connectivity index (χ2v) is 1.73. The van der Waals surface area contributed by atoms with Crippen molar-refractivity contribution in [3.05, 3.63) is 0 Å². The number of hydrogen-bond donors (Lipinski definition) is 3. The van der Waals surface area contributed by atoms with Gasteiger partial charge in [0.05, 0.1) is 0 Å². The molecule has 5 heteroatoms. The summed E-state index contributed by atoms with van der Waals surface area (Å²) in [6, 6.07) is -0.380. The van der Waals surface area contributed by atoms with Crippen molar-refractivity contribution < 1.29 is 9.90 Å². The minimum atomic E-state index is -0.782. The van der Waals surface area contributed by atoms with Crippen LogP contribution in [-0.4, -0.2) is 30.3 Å². The Balaban J connectivity index is 0.000000640. The highest BCUT2D eigenvalue weighted by Gasteiger charge is 2.19. The predicted molar refractivity (Wildman–Crippen MR) is 34.7 cm³/mol. The van der Waals surface area contributed by atoms with Crippen LogP contribution >= 0.6 is 12.4 Å². The van der Waals surface area contributed by atoms with Crippen molar-refractivity contribution in [2.75, 3.05) is 13.2 Å². The summed E-state index contributed by atoms with van der Waals surface area (Å²) in [5.41, 5.74) is 0. The third-order valence-corrected chi connectivity index (χ3v) is 1.12. The predicted octanol–water partition coefficient (Wildman–Crippen LogP) is -0.988. The maximum Gasteiger partial charge on any atom is 0.322 e. The molecule has 1 fully saturated rings. The van der Waals surface area contributed by atoms with Crippen LogP contribution in [0.3, 0.4) is 0 Å². The zero-order valence-corrected chi connectivity index (χ0v) is 5.57. The van der Waals surface area contributed by atoms with Crippen molar-refractivity contribution in [3.8, 4) is 0 Å². The fourth-order valence-electron chi connectivity index (χ4n) is 0.659. The number of hydrogen-bond acceptors (Lipinski definition) is 3. The van der Waals surface area contributed by atoms with Crippen molar-refractivity contribution in [2.45, 2.75) is 6.04 Å². The van der Waals surface area contributed by atoms with Gasteiger partial charge in [0.15, 0.2) is 0 Å². The maximum absolute atomic E-state index is 10.1. The molecule has 1 heterocycles. The third kappa shape index (κ3) is 2.17. The van der Waals surface area contributed by atoms with Gasteiger partial charge in [0, 0.05) is 13.2 Å². The molecule has 1 aliphatic heterocycles. The number of carbonyl (C=O) groups is 1. The van der Waals surface area contributed by atoms with Crippen molar-refractivity contribution in [3.63, 3.8) is 0 Å². The highest BCUT2D eigenvalue weighted by molar-refractivity contribution is 5.85. The van der Waals surface area contributed by atoms with Gasteiger partial charge in [0.2, 0.25) is 0 Å². The minimum absolute atomic E-state index is 0. The van der Waals surface area contributed by atoms with Crippen LogP contribution in [0, 0.1) is 0 Å². The number of halogens is 1. The zero-order valence-electron chi connectivity index (χ0n) is 4.76. The lowest BCUT2D eigenvalue weighted by Crippen LogP contribution is -2.32. The second-order valence-electron chi connectivity index (χ2n) is 1.73. The Morgan fingerprint density at radius 3 is 2.56 bits per heavy atom. The van der Waals surface area contributed by atoms with Gasteiger partial charge in [-0.2, -0.15) is 0 Å². The fourth-order valence-corrected chi connectivity index (χ4v) is 0.659. The lowest BCUT2D eigenvalue weighted by atomic mass is 10.3. The van der Waals surface area contributed by atoms with E-state index in [1.165, 1.54) is 0 Å². The lowest BCUT2D eigenvalue weighted by molar-refractivity contribution is -0.138. The van der Waals surface area contributed by atoms with Gasteiger partial charge in [-0.15, -0.1) is 12.4 Å². The van der Waals surface area contributed by atoms with Crippen molar-refractivity contribution in [1.29, 1.82) is 0 Å². The molecule has 0 amide bonds. The molecule has 1 saturated heterocycles. The van der Waals surface area contributed by atoms with Gasteiger partial charge in [0.1, 0.15) is 6.04 Å². The zero-order chi connectivity index (χ0) is 5.98. The van der Waals surface area contributed by atoms with Gasteiger partial charge in [-0.05, 0) is 0 Å². The van der Waals surface area contributed by atoms with E-state index in [9.17, 15) is 4.79 Å². The molecule has 0 aliphatic carbocycles. The average molecular weight is 153 g/mol. The van der Waals surface area contributed by atoms with Crippen molar-refractivity contribution in [2.24, 2.45) is 0 Å². The topological polar surface area (TPSA) is 61.4 Å². The van der Waals surface area contributed by atoms with E-state index in [1.807, 2.05) is 0 Å². The van der Waals surface area contributed by atoms with Gasteiger partial charge in [-0.25, -0.2) is 0 Å². The summed E-state index contributed by atoms with van der Waals surface area (Å²) in [7, 11) is 0. The summed E-state index contributed by atoms with van der Waals surface area (Å²) in [6.45, 7) is 1.15. The number of carboxylic acids is 1. The molecular weight excluding hydrogens is 144 g/mol. The Morgan fingerprint density at radius 1 is 1.67 bits per heavy atom. The second kappa shape index (κ2) is 3.66. The molecule has 0 aromatic rings. The first-order valence-electron chi connectivity index (χ1n) is 2.47. The van der Waals surface area contributed by atoms with E-state index in [4.69, 9.17) is 5.11 Å². The molecule has 0 aromatic heterocycles. The molecule has 0 aromatic carbocycles. The molecule has 3 N–H and O–H groups in total. The standard InChI is InChI=1S/C4H8N2O2.ClH/c7-4(8)3-1-5-2-6-3;/h3,5-6H,1-2H2,(H,7,8);1H. The number of nitrogens with one attached hydrogen (secondary N) is 2. The first kappa shape index (κ1) is 8.68. The Kier molecular flexibility index (Phi) is 3.53. The Labute approximate surface area is 59.0 Å². The molecule has 0 bridgehead atoms. The summed E-state index contributed by atoms with van der Waals surface area (Å²) in [5.74, 6) is -0.782. The summed E-state index contributed by atoms with van der Waals surface area (Å²) in [5, 5.41) is 13.9. The van der Waals surface area contributed by atoms with E-state index in [0.29, 0.717) is 13.2 Å². The highest BCUT2D eigenvalue weighted by Crippen LogP contribution is 1.85. The molecule has 9 heavy (non-hydrogen) atoms. The fraction of sp³-hybridized carbons (Fsp3) is 0.750. The van der Waals surface area contributed by atoms with Crippen LogP contribution in [0.15, 0.2) is 0 Å². The van der Waals surface area contributed by atoms with Crippen LogP contribution in [0.1, 0.15) is 0 Å². The van der Waals surface area contributed by atoms with Crippen LogP contribution in [0.25, 0.3) is 0 Å². The van der Waals surface area contributed by atoms with E-state index >= 15 is 0 Å². The largest absolute Gasteiger partial charge is 0.480 e. The third-order valence-electron chi connectivity index (χ3n) is 1.12. The first-order valence-corrected chi connectivity index (χ1v) is 2.47. The smallest absolute Gasteiger partial charge is 0.322 e. The van der Waals surface area contributed by atoms with Gasteiger partial charge < -0.3 is 10.4 Å². The summed E-state index contributed by atoms with van der Waals surface area (Å²) >= 11 is 0. The molecule has 1 aliphatic rings. The molecular formula is C4H9ClN2O2.